The van der Waals surface area contributed by atoms with Gasteiger partial charge in [0.2, 0.25) is 5.88 Å². The van der Waals surface area contributed by atoms with Gasteiger partial charge < -0.3 is 15.8 Å². The van der Waals surface area contributed by atoms with Crippen molar-refractivity contribution in [2.24, 2.45) is 0 Å². The van der Waals surface area contributed by atoms with E-state index in [-0.39, 0.29) is 23.1 Å². The number of hydrogen-bond donors (Lipinski definition) is 2. The highest BCUT2D eigenvalue weighted by molar-refractivity contribution is 6.33. The Labute approximate surface area is 214 Å². The highest BCUT2D eigenvalue weighted by Crippen LogP contribution is 2.35. The number of anilines is 2. The number of nitrogens with one attached hydrogen (secondary N) is 1. The summed E-state index contributed by atoms with van der Waals surface area (Å²) < 4.78 is 46.6. The van der Waals surface area contributed by atoms with E-state index in [4.69, 9.17) is 22.1 Å². The predicted molar refractivity (Wildman–Crippen MR) is 132 cm³/mol. The highest BCUT2D eigenvalue weighted by atomic mass is 35.5. The van der Waals surface area contributed by atoms with E-state index in [0.29, 0.717) is 30.2 Å². The minimum Gasteiger partial charge on any atom is -0.437 e. The summed E-state index contributed by atoms with van der Waals surface area (Å²) in [5.41, 5.74) is 5.16. The highest BCUT2D eigenvalue weighted by Gasteiger charge is 2.31. The summed E-state index contributed by atoms with van der Waals surface area (Å²) >= 11 is 6.29. The van der Waals surface area contributed by atoms with Crippen LogP contribution in [0, 0.1) is 0 Å². The zero-order chi connectivity index (χ0) is 26.6. The van der Waals surface area contributed by atoms with Crippen molar-refractivity contribution in [2.45, 2.75) is 25.9 Å². The van der Waals surface area contributed by atoms with Crippen molar-refractivity contribution >= 4 is 23.2 Å². The maximum atomic E-state index is 13.3. The average Bonchev–Trinajstić information content (AvgIpc) is 2.86. The maximum Gasteiger partial charge on any atom is 0.416 e. The van der Waals surface area contributed by atoms with Crippen LogP contribution in [0.1, 0.15) is 23.7 Å². The number of pyridine rings is 1. The van der Waals surface area contributed by atoms with Gasteiger partial charge in [-0.1, -0.05) is 24.6 Å². The third-order valence-corrected chi connectivity index (χ3v) is 5.68. The molecule has 0 atom stereocenters. The van der Waals surface area contributed by atoms with Crippen molar-refractivity contribution in [2.75, 3.05) is 17.6 Å². The molecule has 3 heterocycles. The largest absolute Gasteiger partial charge is 0.437 e. The van der Waals surface area contributed by atoms with Crippen molar-refractivity contribution in [1.29, 1.82) is 0 Å². The first-order valence-corrected chi connectivity index (χ1v) is 11.5. The summed E-state index contributed by atoms with van der Waals surface area (Å²) in [4.78, 5) is 28.4. The van der Waals surface area contributed by atoms with Crippen LogP contribution >= 0.6 is 11.6 Å². The number of nitrogen functional groups attached to an aromatic ring is 1. The molecule has 9 nitrogen and oxygen atoms in total. The summed E-state index contributed by atoms with van der Waals surface area (Å²) in [5.74, 6) is 0.591. The van der Waals surface area contributed by atoms with Crippen LogP contribution in [-0.4, -0.2) is 31.0 Å². The summed E-state index contributed by atoms with van der Waals surface area (Å²) in [6.45, 7) is 2.48. The number of ether oxygens (including phenoxy) is 1. The van der Waals surface area contributed by atoms with Gasteiger partial charge in [-0.05, 0) is 42.7 Å². The van der Waals surface area contributed by atoms with Crippen LogP contribution in [0.25, 0.3) is 5.69 Å². The average molecular weight is 532 g/mol. The first-order chi connectivity index (χ1) is 17.7. The molecule has 3 aromatic heterocycles. The van der Waals surface area contributed by atoms with Crippen LogP contribution in [0.3, 0.4) is 0 Å². The minimum absolute atomic E-state index is 0.0197. The molecule has 0 radical (unpaired) electrons. The van der Waals surface area contributed by atoms with Crippen LogP contribution in [0.5, 0.6) is 11.6 Å². The molecular weight excluding hydrogens is 511 g/mol. The molecule has 4 rings (SSSR count). The van der Waals surface area contributed by atoms with Gasteiger partial charge in [-0.15, -0.1) is 0 Å². The van der Waals surface area contributed by atoms with E-state index in [9.17, 15) is 18.0 Å². The van der Waals surface area contributed by atoms with E-state index in [0.717, 1.165) is 34.0 Å². The van der Waals surface area contributed by atoms with Crippen LogP contribution in [0.4, 0.5) is 24.8 Å². The molecular formula is C24H21ClF3N7O2. The van der Waals surface area contributed by atoms with Crippen molar-refractivity contribution < 1.29 is 17.9 Å². The topological polar surface area (TPSA) is 121 Å². The lowest BCUT2D eigenvalue weighted by molar-refractivity contribution is -0.137. The maximum absolute atomic E-state index is 13.3. The van der Waals surface area contributed by atoms with Gasteiger partial charge in [-0.2, -0.15) is 18.2 Å². The molecule has 0 fully saturated rings. The van der Waals surface area contributed by atoms with Gasteiger partial charge in [0, 0.05) is 25.0 Å². The second kappa shape index (κ2) is 10.8. The number of aryl methyl sites for hydroxylation is 1. The molecule has 1 aromatic carbocycles. The number of nitrogens with zero attached hydrogens (tertiary/aromatic N) is 5. The van der Waals surface area contributed by atoms with E-state index in [1.54, 1.807) is 18.3 Å². The lowest BCUT2D eigenvalue weighted by Crippen LogP contribution is -2.22. The Bertz CT molecular complexity index is 1460. The van der Waals surface area contributed by atoms with Crippen LogP contribution in [-0.2, 0) is 19.0 Å². The second-order valence-corrected chi connectivity index (χ2v) is 8.18. The second-order valence-electron chi connectivity index (χ2n) is 7.81. The fraction of sp³-hybridized carbons (Fsp3) is 0.208. The van der Waals surface area contributed by atoms with Crippen molar-refractivity contribution in [3.05, 3.63) is 87.4 Å². The van der Waals surface area contributed by atoms with Crippen LogP contribution in [0.15, 0.2) is 59.9 Å². The van der Waals surface area contributed by atoms with Gasteiger partial charge in [-0.25, -0.2) is 19.7 Å². The van der Waals surface area contributed by atoms with E-state index >= 15 is 0 Å². The summed E-state index contributed by atoms with van der Waals surface area (Å²) in [6.07, 6.45) is 0.907. The molecule has 3 N–H and O–H groups in total. The van der Waals surface area contributed by atoms with E-state index in [2.05, 4.69) is 25.3 Å². The first-order valence-electron chi connectivity index (χ1n) is 11.1. The Kier molecular flexibility index (Phi) is 7.58. The van der Waals surface area contributed by atoms with Gasteiger partial charge in [0.15, 0.2) is 5.75 Å². The fourth-order valence-corrected chi connectivity index (χ4v) is 3.70. The molecule has 0 unspecified atom stereocenters. The molecule has 192 valence electrons. The van der Waals surface area contributed by atoms with Gasteiger partial charge in [-0.3, -0.25) is 4.57 Å². The molecule has 4 aromatic rings. The first kappa shape index (κ1) is 25.9. The van der Waals surface area contributed by atoms with E-state index < -0.39 is 17.4 Å². The zero-order valence-corrected chi connectivity index (χ0v) is 20.2. The Balaban J connectivity index is 1.51. The standard InChI is InChI=1S/C24H21ClF3N7O2/c1-2-16-21(25)22(33-13-32-16)30-9-7-14-3-6-20(31-12-14)37-18-5-4-15(24(26,27)28)11-17(18)35-10-8-19(29)34-23(35)36/h3-6,8,10-13H,2,7,9H2,1H3,(H2,29,34,36)(H,30,32,33). The lowest BCUT2D eigenvalue weighted by atomic mass is 10.1. The molecule has 0 aliphatic carbocycles. The third-order valence-electron chi connectivity index (χ3n) is 5.29. The van der Waals surface area contributed by atoms with Crippen molar-refractivity contribution in [3.63, 3.8) is 0 Å². The quantitative estimate of drug-likeness (QED) is 0.336. The lowest BCUT2D eigenvalue weighted by Gasteiger charge is -2.15. The summed E-state index contributed by atoms with van der Waals surface area (Å²) in [5, 5.41) is 3.64. The third kappa shape index (κ3) is 6.15. The number of halogens is 4. The molecule has 0 aliphatic heterocycles. The molecule has 37 heavy (non-hydrogen) atoms. The molecule has 0 amide bonds. The fourth-order valence-electron chi connectivity index (χ4n) is 3.40. The van der Waals surface area contributed by atoms with Crippen LogP contribution < -0.4 is 21.5 Å². The monoisotopic (exact) mass is 531 g/mol. The number of aromatic nitrogens is 5. The Hall–Kier alpha value is -4.19. The summed E-state index contributed by atoms with van der Waals surface area (Å²) in [6, 6.07) is 7.42. The Morgan fingerprint density at radius 3 is 2.62 bits per heavy atom. The van der Waals surface area contributed by atoms with E-state index in [1.165, 1.54) is 18.6 Å². The normalized spacial score (nSPS) is 11.4. The molecule has 0 bridgehead atoms. The van der Waals surface area contributed by atoms with E-state index in [1.807, 2.05) is 6.92 Å². The SMILES string of the molecule is CCc1ncnc(NCCc2ccc(Oc3ccc(C(F)(F)F)cc3-n3ccc(N)nc3=O)nc2)c1Cl. The number of alkyl halides is 3. The van der Waals surface area contributed by atoms with Gasteiger partial charge >= 0.3 is 11.9 Å². The molecule has 0 saturated heterocycles. The number of rotatable bonds is 8. The van der Waals surface area contributed by atoms with Gasteiger partial charge in [0.05, 0.1) is 16.9 Å². The number of nitrogens with two attached hydrogens (primary N) is 1. The van der Waals surface area contributed by atoms with Gasteiger partial charge in [0.1, 0.15) is 23.0 Å². The Morgan fingerprint density at radius 1 is 1.14 bits per heavy atom. The molecule has 0 aliphatic rings. The predicted octanol–water partition coefficient (Wildman–Crippen LogP) is 4.68. The number of benzene rings is 1. The van der Waals surface area contributed by atoms with Crippen molar-refractivity contribution in [3.8, 4) is 17.3 Å². The summed E-state index contributed by atoms with van der Waals surface area (Å²) in [7, 11) is 0. The van der Waals surface area contributed by atoms with Crippen LogP contribution in [0.2, 0.25) is 5.02 Å². The molecule has 13 heteroatoms. The smallest absolute Gasteiger partial charge is 0.416 e. The molecule has 0 saturated carbocycles. The minimum atomic E-state index is -4.62. The number of hydrogen-bond acceptors (Lipinski definition) is 8. The zero-order valence-electron chi connectivity index (χ0n) is 19.5. The Morgan fingerprint density at radius 2 is 1.95 bits per heavy atom. The van der Waals surface area contributed by atoms with Gasteiger partial charge in [0.25, 0.3) is 0 Å². The van der Waals surface area contributed by atoms with Crippen molar-refractivity contribution in [1.82, 2.24) is 24.5 Å². The molecule has 0 spiro atoms.